The third-order valence-electron chi connectivity index (χ3n) is 3.49. The summed E-state index contributed by atoms with van der Waals surface area (Å²) >= 11 is 6.19. The van der Waals surface area contributed by atoms with E-state index in [1.165, 1.54) is 0 Å². The van der Waals surface area contributed by atoms with Gasteiger partial charge < -0.3 is 20.9 Å². The summed E-state index contributed by atoms with van der Waals surface area (Å²) in [6.07, 6.45) is 1.55. The lowest BCUT2D eigenvalue weighted by molar-refractivity contribution is 0.296. The van der Waals surface area contributed by atoms with Gasteiger partial charge in [-0.3, -0.25) is 0 Å². The van der Waals surface area contributed by atoms with Crippen LogP contribution in [0.2, 0.25) is 5.02 Å². The minimum atomic E-state index is -0.0956. The molecule has 0 radical (unpaired) electrons. The first-order valence-corrected chi connectivity index (χ1v) is 7.97. The molecule has 0 atom stereocenters. The maximum absolute atomic E-state index is 6.19. The third kappa shape index (κ3) is 5.12. The molecule has 0 bridgehead atoms. The van der Waals surface area contributed by atoms with Crippen LogP contribution in [-0.2, 0) is 6.61 Å². The van der Waals surface area contributed by atoms with E-state index in [-0.39, 0.29) is 5.96 Å². The van der Waals surface area contributed by atoms with Gasteiger partial charge in [0, 0.05) is 10.6 Å². The standard InChI is InChI=1S/C18H21ClN4O2/c1-11-6-15(7-12(2)17(11)19)25-10-14-8-13(4-5-16(14)24-3)9-22-23-18(20)21/h4-9H,10H2,1-3H3,(H4,20,21,23). The Balaban J connectivity index is 2.20. The zero-order valence-electron chi connectivity index (χ0n) is 14.4. The molecule has 2 aromatic rings. The summed E-state index contributed by atoms with van der Waals surface area (Å²) in [6, 6.07) is 9.41. The molecule has 0 heterocycles. The molecular formula is C18H21ClN4O2. The number of rotatable bonds is 6. The predicted octanol–water partition coefficient (Wildman–Crippen LogP) is 3.15. The Labute approximate surface area is 152 Å². The number of aryl methyl sites for hydroxylation is 2. The number of guanidine groups is 1. The number of halogens is 1. The van der Waals surface area contributed by atoms with Crippen molar-refractivity contribution in [2.45, 2.75) is 20.5 Å². The molecule has 0 fully saturated rings. The maximum Gasteiger partial charge on any atom is 0.211 e. The molecule has 132 valence electrons. The van der Waals surface area contributed by atoms with E-state index in [1.807, 2.05) is 44.2 Å². The molecule has 7 heteroatoms. The van der Waals surface area contributed by atoms with Crippen molar-refractivity contribution < 1.29 is 9.47 Å². The van der Waals surface area contributed by atoms with Gasteiger partial charge in [-0.25, -0.2) is 0 Å². The van der Waals surface area contributed by atoms with E-state index in [1.54, 1.807) is 13.3 Å². The van der Waals surface area contributed by atoms with Crippen molar-refractivity contribution in [2.75, 3.05) is 7.11 Å². The van der Waals surface area contributed by atoms with E-state index in [2.05, 4.69) is 10.2 Å². The topological polar surface area (TPSA) is 95.2 Å². The highest BCUT2D eigenvalue weighted by Gasteiger charge is 2.07. The molecule has 0 aliphatic carbocycles. The average Bonchev–Trinajstić information content (AvgIpc) is 2.57. The van der Waals surface area contributed by atoms with Crippen molar-refractivity contribution >= 4 is 23.8 Å². The van der Waals surface area contributed by atoms with E-state index in [0.29, 0.717) is 6.61 Å². The van der Waals surface area contributed by atoms with E-state index in [9.17, 15) is 0 Å². The van der Waals surface area contributed by atoms with Crippen LogP contribution in [0.25, 0.3) is 0 Å². The number of nitrogens with two attached hydrogens (primary N) is 2. The molecule has 2 aromatic carbocycles. The summed E-state index contributed by atoms with van der Waals surface area (Å²) in [4.78, 5) is 0. The van der Waals surface area contributed by atoms with Crippen LogP contribution in [0, 0.1) is 13.8 Å². The smallest absolute Gasteiger partial charge is 0.211 e. The largest absolute Gasteiger partial charge is 0.496 e. The summed E-state index contributed by atoms with van der Waals surface area (Å²) in [7, 11) is 1.61. The zero-order valence-corrected chi connectivity index (χ0v) is 15.2. The van der Waals surface area contributed by atoms with Crippen LogP contribution in [0.5, 0.6) is 11.5 Å². The lowest BCUT2D eigenvalue weighted by atomic mass is 10.1. The third-order valence-corrected chi connectivity index (χ3v) is 4.08. The number of ether oxygens (including phenoxy) is 2. The molecular weight excluding hydrogens is 340 g/mol. The van der Waals surface area contributed by atoms with Gasteiger partial charge in [0.15, 0.2) is 0 Å². The Morgan fingerprint density at radius 2 is 1.84 bits per heavy atom. The average molecular weight is 361 g/mol. The van der Waals surface area contributed by atoms with Gasteiger partial charge in [-0.1, -0.05) is 11.6 Å². The monoisotopic (exact) mass is 360 g/mol. The molecule has 4 N–H and O–H groups in total. The first kappa shape index (κ1) is 18.6. The molecule has 0 saturated carbocycles. The van der Waals surface area contributed by atoms with Crippen LogP contribution < -0.4 is 20.9 Å². The Bertz CT molecular complexity index is 792. The van der Waals surface area contributed by atoms with Crippen molar-refractivity contribution in [2.24, 2.45) is 21.7 Å². The van der Waals surface area contributed by atoms with Gasteiger partial charge in [-0.2, -0.15) is 5.10 Å². The van der Waals surface area contributed by atoms with Gasteiger partial charge in [0.1, 0.15) is 18.1 Å². The second-order valence-electron chi connectivity index (χ2n) is 5.50. The first-order valence-electron chi connectivity index (χ1n) is 7.59. The number of hydrogen-bond donors (Lipinski definition) is 2. The van der Waals surface area contributed by atoms with Gasteiger partial charge in [-0.05, 0) is 60.9 Å². The molecule has 0 amide bonds. The van der Waals surface area contributed by atoms with Gasteiger partial charge in [-0.15, -0.1) is 5.10 Å². The Hall–Kier alpha value is -2.73. The molecule has 0 spiro atoms. The SMILES string of the molecule is COc1ccc(C=NN=C(N)N)cc1COc1cc(C)c(Cl)c(C)c1. The zero-order chi connectivity index (χ0) is 18.4. The highest BCUT2D eigenvalue weighted by atomic mass is 35.5. The van der Waals surface area contributed by atoms with Crippen LogP contribution in [-0.4, -0.2) is 19.3 Å². The van der Waals surface area contributed by atoms with Crippen molar-refractivity contribution in [1.29, 1.82) is 0 Å². The van der Waals surface area contributed by atoms with Crippen molar-refractivity contribution in [1.82, 2.24) is 0 Å². The molecule has 6 nitrogen and oxygen atoms in total. The van der Waals surface area contributed by atoms with Crippen LogP contribution in [0.15, 0.2) is 40.5 Å². The van der Waals surface area contributed by atoms with Crippen LogP contribution in [0.1, 0.15) is 22.3 Å². The lowest BCUT2D eigenvalue weighted by Gasteiger charge is -2.13. The number of hydrogen-bond acceptors (Lipinski definition) is 4. The molecule has 25 heavy (non-hydrogen) atoms. The minimum Gasteiger partial charge on any atom is -0.496 e. The highest BCUT2D eigenvalue weighted by Crippen LogP contribution is 2.27. The molecule has 0 aromatic heterocycles. The first-order chi connectivity index (χ1) is 11.9. The summed E-state index contributed by atoms with van der Waals surface area (Å²) in [5.41, 5.74) is 14.1. The van der Waals surface area contributed by atoms with Crippen molar-refractivity contribution in [3.05, 3.63) is 57.6 Å². The summed E-state index contributed by atoms with van der Waals surface area (Å²) in [5, 5.41) is 8.14. The van der Waals surface area contributed by atoms with Gasteiger partial charge in [0.05, 0.1) is 13.3 Å². The van der Waals surface area contributed by atoms with Gasteiger partial charge in [0.25, 0.3) is 0 Å². The van der Waals surface area contributed by atoms with Crippen LogP contribution in [0.4, 0.5) is 0 Å². The van der Waals surface area contributed by atoms with E-state index in [4.69, 9.17) is 32.5 Å². The van der Waals surface area contributed by atoms with E-state index in [0.717, 1.165) is 38.8 Å². The van der Waals surface area contributed by atoms with E-state index < -0.39 is 0 Å². The Kier molecular flexibility index (Phi) is 6.25. The normalized spacial score (nSPS) is 10.7. The maximum atomic E-state index is 6.19. The molecule has 2 rings (SSSR count). The van der Waals surface area contributed by atoms with Gasteiger partial charge in [0.2, 0.25) is 5.96 Å². The molecule has 0 aliphatic heterocycles. The lowest BCUT2D eigenvalue weighted by Crippen LogP contribution is -2.21. The summed E-state index contributed by atoms with van der Waals surface area (Å²) in [5.74, 6) is 1.38. The van der Waals surface area contributed by atoms with E-state index >= 15 is 0 Å². The summed E-state index contributed by atoms with van der Waals surface area (Å²) in [6.45, 7) is 4.24. The Morgan fingerprint density at radius 3 is 2.44 bits per heavy atom. The molecule has 0 unspecified atom stereocenters. The molecule has 0 aliphatic rings. The number of methoxy groups -OCH3 is 1. The second kappa shape index (κ2) is 8.39. The number of benzene rings is 2. The quantitative estimate of drug-likeness (QED) is 0.470. The summed E-state index contributed by atoms with van der Waals surface area (Å²) < 4.78 is 11.3. The fourth-order valence-corrected chi connectivity index (χ4v) is 2.41. The number of nitrogens with zero attached hydrogens (tertiary/aromatic N) is 2. The molecule has 0 saturated heterocycles. The highest BCUT2D eigenvalue weighted by molar-refractivity contribution is 6.32. The minimum absolute atomic E-state index is 0.0956. The van der Waals surface area contributed by atoms with Crippen molar-refractivity contribution in [3.8, 4) is 11.5 Å². The van der Waals surface area contributed by atoms with Gasteiger partial charge >= 0.3 is 0 Å². The second-order valence-corrected chi connectivity index (χ2v) is 5.88. The van der Waals surface area contributed by atoms with Crippen molar-refractivity contribution in [3.63, 3.8) is 0 Å². The fraction of sp³-hybridized carbons (Fsp3) is 0.222. The van der Waals surface area contributed by atoms with Crippen LogP contribution in [0.3, 0.4) is 0 Å². The fourth-order valence-electron chi connectivity index (χ4n) is 2.30. The Morgan fingerprint density at radius 1 is 1.16 bits per heavy atom. The van der Waals surface area contributed by atoms with Crippen LogP contribution >= 0.6 is 11.6 Å². The predicted molar refractivity (Wildman–Crippen MR) is 102 cm³/mol.